The Kier molecular flexibility index (Phi) is 4.58. The van der Waals surface area contributed by atoms with Crippen LogP contribution in [0.25, 0.3) is 0 Å². The molecule has 3 rings (SSSR count). The second kappa shape index (κ2) is 6.60. The number of ether oxygens (including phenoxy) is 1. The molecule has 0 aliphatic carbocycles. The van der Waals surface area contributed by atoms with Crippen LogP contribution in [0.4, 0.5) is 0 Å². The molecular formula is C16H25N3O2. The highest BCUT2D eigenvalue weighted by Crippen LogP contribution is 2.23. The van der Waals surface area contributed by atoms with Gasteiger partial charge in [0.15, 0.2) is 0 Å². The van der Waals surface area contributed by atoms with Gasteiger partial charge in [-0.05, 0) is 44.6 Å². The summed E-state index contributed by atoms with van der Waals surface area (Å²) in [4.78, 5) is 14.4. The summed E-state index contributed by atoms with van der Waals surface area (Å²) in [5.74, 6) is 0.277. The van der Waals surface area contributed by atoms with Crippen molar-refractivity contribution in [1.82, 2.24) is 14.7 Å². The van der Waals surface area contributed by atoms with Gasteiger partial charge < -0.3 is 9.64 Å². The van der Waals surface area contributed by atoms with Crippen LogP contribution in [0.2, 0.25) is 0 Å². The van der Waals surface area contributed by atoms with Crippen molar-refractivity contribution in [2.75, 3.05) is 19.7 Å². The first kappa shape index (κ1) is 14.6. The van der Waals surface area contributed by atoms with Crippen LogP contribution in [-0.2, 0) is 9.53 Å². The molecule has 2 aliphatic rings. The highest BCUT2D eigenvalue weighted by atomic mass is 16.5. The Morgan fingerprint density at radius 3 is 3.05 bits per heavy atom. The summed E-state index contributed by atoms with van der Waals surface area (Å²) >= 11 is 0. The van der Waals surface area contributed by atoms with Crippen LogP contribution in [0, 0.1) is 6.92 Å². The van der Waals surface area contributed by atoms with Crippen molar-refractivity contribution < 1.29 is 9.53 Å². The minimum absolute atomic E-state index is 0.277. The lowest BCUT2D eigenvalue weighted by molar-refractivity contribution is -0.133. The van der Waals surface area contributed by atoms with Crippen LogP contribution in [0.5, 0.6) is 0 Å². The van der Waals surface area contributed by atoms with Crippen LogP contribution in [0.1, 0.15) is 50.1 Å². The number of carbonyl (C=O) groups is 1. The third-order valence-electron chi connectivity index (χ3n) is 4.56. The molecule has 1 amide bonds. The molecule has 2 fully saturated rings. The Morgan fingerprint density at radius 2 is 2.33 bits per heavy atom. The normalized spacial score (nSPS) is 26.2. The second-order valence-electron chi connectivity index (χ2n) is 6.31. The SMILES string of the molecule is Cc1cnn([C@H]2CCCN(C(=O)CC[C@H]3CCCO3)C2)c1. The Balaban J connectivity index is 1.51. The minimum Gasteiger partial charge on any atom is -0.378 e. The molecule has 0 radical (unpaired) electrons. The van der Waals surface area contributed by atoms with E-state index < -0.39 is 0 Å². The molecule has 5 heteroatoms. The quantitative estimate of drug-likeness (QED) is 0.855. The zero-order chi connectivity index (χ0) is 14.7. The molecule has 2 aliphatic heterocycles. The van der Waals surface area contributed by atoms with E-state index in [-0.39, 0.29) is 5.91 Å². The zero-order valence-electron chi connectivity index (χ0n) is 12.8. The summed E-state index contributed by atoms with van der Waals surface area (Å²) < 4.78 is 7.62. The van der Waals surface area contributed by atoms with E-state index in [1.165, 1.54) is 5.56 Å². The van der Waals surface area contributed by atoms with Gasteiger partial charge in [0, 0.05) is 32.3 Å². The van der Waals surface area contributed by atoms with Gasteiger partial charge in [0.2, 0.25) is 5.91 Å². The average molecular weight is 291 g/mol. The maximum atomic E-state index is 12.4. The first-order valence-corrected chi connectivity index (χ1v) is 8.12. The lowest BCUT2D eigenvalue weighted by atomic mass is 10.0. The fourth-order valence-corrected chi connectivity index (χ4v) is 3.34. The predicted molar refractivity (Wildman–Crippen MR) is 80.0 cm³/mol. The smallest absolute Gasteiger partial charge is 0.222 e. The summed E-state index contributed by atoms with van der Waals surface area (Å²) in [5, 5.41) is 4.40. The van der Waals surface area contributed by atoms with Crippen molar-refractivity contribution in [3.63, 3.8) is 0 Å². The number of carbonyl (C=O) groups excluding carboxylic acids is 1. The van der Waals surface area contributed by atoms with E-state index in [4.69, 9.17) is 4.74 Å². The predicted octanol–water partition coefficient (Wildman–Crippen LogP) is 2.31. The van der Waals surface area contributed by atoms with Gasteiger partial charge in [-0.3, -0.25) is 9.48 Å². The van der Waals surface area contributed by atoms with E-state index in [0.717, 1.165) is 51.8 Å². The number of amides is 1. The number of hydrogen-bond acceptors (Lipinski definition) is 3. The Bertz CT molecular complexity index is 480. The molecule has 0 saturated carbocycles. The number of likely N-dealkylation sites (tertiary alicyclic amines) is 1. The molecule has 2 saturated heterocycles. The largest absolute Gasteiger partial charge is 0.378 e. The van der Waals surface area contributed by atoms with Gasteiger partial charge in [-0.1, -0.05) is 0 Å². The first-order valence-electron chi connectivity index (χ1n) is 8.12. The number of hydrogen-bond donors (Lipinski definition) is 0. The molecule has 116 valence electrons. The molecule has 1 aromatic heterocycles. The second-order valence-corrected chi connectivity index (χ2v) is 6.31. The molecule has 2 atom stereocenters. The maximum Gasteiger partial charge on any atom is 0.222 e. The molecule has 5 nitrogen and oxygen atoms in total. The number of rotatable bonds is 4. The maximum absolute atomic E-state index is 12.4. The molecular weight excluding hydrogens is 266 g/mol. The third kappa shape index (κ3) is 3.64. The van der Waals surface area contributed by atoms with E-state index in [9.17, 15) is 4.79 Å². The summed E-state index contributed by atoms with van der Waals surface area (Å²) in [6, 6.07) is 0.333. The van der Waals surface area contributed by atoms with Crippen LogP contribution in [0.15, 0.2) is 12.4 Å². The van der Waals surface area contributed by atoms with Crippen molar-refractivity contribution in [3.05, 3.63) is 18.0 Å². The van der Waals surface area contributed by atoms with Gasteiger partial charge in [-0.25, -0.2) is 0 Å². The van der Waals surface area contributed by atoms with Gasteiger partial charge >= 0.3 is 0 Å². The number of aromatic nitrogens is 2. The van der Waals surface area contributed by atoms with Gasteiger partial charge in [0.05, 0.1) is 18.3 Å². The lowest BCUT2D eigenvalue weighted by Gasteiger charge is -2.33. The first-order chi connectivity index (χ1) is 10.2. The molecule has 3 heterocycles. The average Bonchev–Trinajstić information content (AvgIpc) is 3.16. The molecule has 1 aromatic rings. The topological polar surface area (TPSA) is 47.4 Å². The summed E-state index contributed by atoms with van der Waals surface area (Å²) in [6.45, 7) is 4.60. The number of nitrogens with zero attached hydrogens (tertiary/aromatic N) is 3. The molecule has 0 N–H and O–H groups in total. The minimum atomic E-state index is 0.277. The van der Waals surface area contributed by atoms with E-state index in [1.54, 1.807) is 0 Å². The summed E-state index contributed by atoms with van der Waals surface area (Å²) in [5.41, 5.74) is 1.18. The molecule has 0 spiro atoms. The fraction of sp³-hybridized carbons (Fsp3) is 0.750. The Morgan fingerprint density at radius 1 is 1.43 bits per heavy atom. The van der Waals surface area contributed by atoms with Crippen molar-refractivity contribution in [2.24, 2.45) is 0 Å². The van der Waals surface area contributed by atoms with Gasteiger partial charge in [-0.15, -0.1) is 0 Å². The molecule has 0 aromatic carbocycles. The molecule has 0 unspecified atom stereocenters. The van der Waals surface area contributed by atoms with E-state index >= 15 is 0 Å². The Labute approximate surface area is 126 Å². The number of piperidine rings is 1. The van der Waals surface area contributed by atoms with Crippen molar-refractivity contribution in [2.45, 2.75) is 57.6 Å². The summed E-state index contributed by atoms with van der Waals surface area (Å²) in [7, 11) is 0. The Hall–Kier alpha value is -1.36. The van der Waals surface area contributed by atoms with E-state index in [2.05, 4.69) is 18.2 Å². The van der Waals surface area contributed by atoms with Gasteiger partial charge in [0.25, 0.3) is 0 Å². The zero-order valence-corrected chi connectivity index (χ0v) is 12.8. The van der Waals surface area contributed by atoms with E-state index in [1.807, 2.05) is 15.8 Å². The van der Waals surface area contributed by atoms with Gasteiger partial charge in [-0.2, -0.15) is 5.10 Å². The third-order valence-corrected chi connectivity index (χ3v) is 4.56. The van der Waals surface area contributed by atoms with Crippen molar-refractivity contribution in [1.29, 1.82) is 0 Å². The fourth-order valence-electron chi connectivity index (χ4n) is 3.34. The molecule has 21 heavy (non-hydrogen) atoms. The van der Waals surface area contributed by atoms with Crippen LogP contribution in [0.3, 0.4) is 0 Å². The lowest BCUT2D eigenvalue weighted by Crippen LogP contribution is -2.41. The summed E-state index contributed by atoms with van der Waals surface area (Å²) in [6.07, 6.45) is 10.2. The van der Waals surface area contributed by atoms with Crippen LogP contribution >= 0.6 is 0 Å². The van der Waals surface area contributed by atoms with E-state index in [0.29, 0.717) is 18.6 Å². The van der Waals surface area contributed by atoms with Crippen molar-refractivity contribution >= 4 is 5.91 Å². The highest BCUT2D eigenvalue weighted by molar-refractivity contribution is 5.76. The van der Waals surface area contributed by atoms with Crippen LogP contribution in [-0.4, -0.2) is 46.4 Å². The molecule has 0 bridgehead atoms. The standard InChI is InChI=1S/C16H25N3O2/c1-13-10-17-19(11-13)14-4-2-8-18(12-14)16(20)7-6-15-5-3-9-21-15/h10-11,14-15H,2-9,12H2,1H3/t14-,15+/m0/s1. The van der Waals surface area contributed by atoms with Gasteiger partial charge in [0.1, 0.15) is 0 Å². The number of aryl methyl sites for hydroxylation is 1. The van der Waals surface area contributed by atoms with Crippen molar-refractivity contribution in [3.8, 4) is 0 Å². The monoisotopic (exact) mass is 291 g/mol. The highest BCUT2D eigenvalue weighted by Gasteiger charge is 2.26. The van der Waals surface area contributed by atoms with Crippen LogP contribution < -0.4 is 0 Å².